The van der Waals surface area contributed by atoms with Crippen LogP contribution in [0.3, 0.4) is 0 Å². The highest BCUT2D eigenvalue weighted by Crippen LogP contribution is 2.32. The molecule has 1 atom stereocenters. The van der Waals surface area contributed by atoms with E-state index in [1.54, 1.807) is 31.2 Å². The molecule has 12 heteroatoms. The van der Waals surface area contributed by atoms with E-state index >= 15 is 0 Å². The van der Waals surface area contributed by atoms with Gasteiger partial charge in [-0.05, 0) is 66.9 Å². The number of nitrogens with one attached hydrogen (secondary N) is 1. The van der Waals surface area contributed by atoms with Crippen LogP contribution in [0.1, 0.15) is 26.3 Å². The summed E-state index contributed by atoms with van der Waals surface area (Å²) < 4.78 is 39.7. The Morgan fingerprint density at radius 2 is 1.43 bits per heavy atom. The zero-order chi connectivity index (χ0) is 31.0. The van der Waals surface area contributed by atoms with E-state index in [0.29, 0.717) is 22.3 Å². The van der Waals surface area contributed by atoms with Crippen LogP contribution in [0.25, 0.3) is 0 Å². The standard InChI is InChI=1S/C30H35Cl2N3O6S/c1-20(2)17-33-30(37)21(3)34(18-22-6-8-23(31)9-7-22)29(36)19-35(25-12-10-24(32)11-13-25)42(38,39)26-14-15-27(40-4)28(16-26)41-5/h6-16,20-21H,17-19H2,1-5H3,(H,33,37). The smallest absolute Gasteiger partial charge is 0.264 e. The van der Waals surface area contributed by atoms with Crippen LogP contribution in [0, 0.1) is 5.92 Å². The molecule has 0 aromatic heterocycles. The molecule has 0 aliphatic heterocycles. The number of ether oxygens (including phenoxy) is 2. The lowest BCUT2D eigenvalue weighted by Gasteiger charge is -2.32. The summed E-state index contributed by atoms with van der Waals surface area (Å²) in [4.78, 5) is 28.3. The van der Waals surface area contributed by atoms with Gasteiger partial charge >= 0.3 is 0 Å². The van der Waals surface area contributed by atoms with Crippen molar-refractivity contribution in [2.75, 3.05) is 31.6 Å². The van der Waals surface area contributed by atoms with E-state index in [9.17, 15) is 18.0 Å². The summed E-state index contributed by atoms with van der Waals surface area (Å²) in [6, 6.07) is 16.2. The molecule has 1 N–H and O–H groups in total. The van der Waals surface area contributed by atoms with Gasteiger partial charge in [0.25, 0.3) is 10.0 Å². The number of nitrogens with zero attached hydrogens (tertiary/aromatic N) is 2. The van der Waals surface area contributed by atoms with Crippen LogP contribution in [0.15, 0.2) is 71.6 Å². The summed E-state index contributed by atoms with van der Waals surface area (Å²) in [5.41, 5.74) is 0.933. The minimum atomic E-state index is -4.31. The fraction of sp³-hybridized carbons (Fsp3) is 0.333. The van der Waals surface area contributed by atoms with E-state index in [-0.39, 0.29) is 34.7 Å². The Kier molecular flexibility index (Phi) is 11.5. The first-order valence-corrected chi connectivity index (χ1v) is 15.4. The molecule has 0 saturated heterocycles. The number of sulfonamides is 1. The zero-order valence-corrected chi connectivity index (χ0v) is 26.5. The van der Waals surface area contributed by atoms with Crippen LogP contribution in [0.2, 0.25) is 10.0 Å². The summed E-state index contributed by atoms with van der Waals surface area (Å²) >= 11 is 12.1. The minimum Gasteiger partial charge on any atom is -0.493 e. The van der Waals surface area contributed by atoms with Gasteiger partial charge in [-0.1, -0.05) is 49.2 Å². The zero-order valence-electron chi connectivity index (χ0n) is 24.1. The molecule has 42 heavy (non-hydrogen) atoms. The minimum absolute atomic E-state index is 0.0527. The van der Waals surface area contributed by atoms with E-state index in [4.69, 9.17) is 32.7 Å². The Morgan fingerprint density at radius 1 is 0.857 bits per heavy atom. The van der Waals surface area contributed by atoms with E-state index in [1.807, 2.05) is 13.8 Å². The van der Waals surface area contributed by atoms with Gasteiger partial charge in [-0.3, -0.25) is 13.9 Å². The first-order valence-electron chi connectivity index (χ1n) is 13.2. The third-order valence-electron chi connectivity index (χ3n) is 6.45. The molecule has 0 heterocycles. The molecule has 0 spiro atoms. The molecule has 0 aliphatic carbocycles. The number of amides is 2. The average molecular weight is 637 g/mol. The van der Waals surface area contributed by atoms with Gasteiger partial charge in [0, 0.05) is 29.2 Å². The predicted octanol–water partition coefficient (Wildman–Crippen LogP) is 5.40. The number of methoxy groups -OCH3 is 2. The second-order valence-electron chi connectivity index (χ2n) is 9.97. The molecule has 0 radical (unpaired) electrons. The Balaban J connectivity index is 2.04. The molecule has 0 fully saturated rings. The van der Waals surface area contributed by atoms with Gasteiger partial charge in [0.2, 0.25) is 11.8 Å². The number of hydrogen-bond acceptors (Lipinski definition) is 6. The van der Waals surface area contributed by atoms with Crippen molar-refractivity contribution in [3.63, 3.8) is 0 Å². The third-order valence-corrected chi connectivity index (χ3v) is 8.73. The quantitative estimate of drug-likeness (QED) is 0.270. The van der Waals surface area contributed by atoms with E-state index in [0.717, 1.165) is 9.87 Å². The van der Waals surface area contributed by atoms with E-state index in [2.05, 4.69) is 5.32 Å². The molecule has 2 amide bonds. The van der Waals surface area contributed by atoms with Crippen molar-refractivity contribution in [2.45, 2.75) is 38.3 Å². The van der Waals surface area contributed by atoms with Crippen molar-refractivity contribution in [1.29, 1.82) is 0 Å². The highest BCUT2D eigenvalue weighted by Gasteiger charge is 2.33. The first kappa shape index (κ1) is 33.0. The second kappa shape index (κ2) is 14.6. The molecule has 9 nitrogen and oxygen atoms in total. The van der Waals surface area contributed by atoms with Gasteiger partial charge in [-0.2, -0.15) is 0 Å². The Hall–Kier alpha value is -3.47. The largest absolute Gasteiger partial charge is 0.493 e. The molecule has 3 aromatic rings. The molecular formula is C30H35Cl2N3O6S. The third kappa shape index (κ3) is 8.30. The summed E-state index contributed by atoms with van der Waals surface area (Å²) in [5, 5.41) is 3.78. The van der Waals surface area contributed by atoms with Gasteiger partial charge < -0.3 is 19.7 Å². The van der Waals surface area contributed by atoms with Crippen molar-refractivity contribution in [2.24, 2.45) is 5.92 Å². The topological polar surface area (TPSA) is 105 Å². The van der Waals surface area contributed by atoms with Crippen LogP contribution >= 0.6 is 23.2 Å². The number of benzene rings is 3. The average Bonchev–Trinajstić information content (AvgIpc) is 2.97. The summed E-state index contributed by atoms with van der Waals surface area (Å²) in [6.07, 6.45) is 0. The van der Waals surface area contributed by atoms with Gasteiger partial charge in [0.15, 0.2) is 11.5 Å². The van der Waals surface area contributed by atoms with Crippen molar-refractivity contribution in [3.8, 4) is 11.5 Å². The number of carbonyl (C=O) groups is 2. The molecule has 1 unspecified atom stereocenters. The lowest BCUT2D eigenvalue weighted by Crippen LogP contribution is -2.51. The van der Waals surface area contributed by atoms with Crippen LogP contribution in [-0.2, 0) is 26.2 Å². The second-order valence-corrected chi connectivity index (χ2v) is 12.7. The fourth-order valence-corrected chi connectivity index (χ4v) is 5.74. The predicted molar refractivity (Wildman–Crippen MR) is 165 cm³/mol. The first-order chi connectivity index (χ1) is 19.9. The SMILES string of the molecule is COc1ccc(S(=O)(=O)N(CC(=O)N(Cc2ccc(Cl)cc2)C(C)C(=O)NCC(C)C)c2ccc(Cl)cc2)cc1OC. The van der Waals surface area contributed by atoms with E-state index in [1.165, 1.54) is 61.6 Å². The maximum Gasteiger partial charge on any atom is 0.264 e. The molecule has 3 aromatic carbocycles. The normalized spacial score (nSPS) is 12.0. The number of halogens is 2. The summed E-state index contributed by atoms with van der Waals surface area (Å²) in [7, 11) is -1.47. The van der Waals surface area contributed by atoms with Crippen molar-refractivity contribution in [1.82, 2.24) is 10.2 Å². The van der Waals surface area contributed by atoms with Crippen LogP contribution in [0.4, 0.5) is 5.69 Å². The highest BCUT2D eigenvalue weighted by molar-refractivity contribution is 7.92. The summed E-state index contributed by atoms with van der Waals surface area (Å²) in [6.45, 7) is 5.43. The van der Waals surface area contributed by atoms with Crippen LogP contribution in [-0.4, -0.2) is 58.5 Å². The highest BCUT2D eigenvalue weighted by atomic mass is 35.5. The van der Waals surface area contributed by atoms with Gasteiger partial charge in [0.05, 0.1) is 24.8 Å². The monoisotopic (exact) mass is 635 g/mol. The summed E-state index contributed by atoms with van der Waals surface area (Å²) in [5.74, 6) is -0.182. The van der Waals surface area contributed by atoms with Crippen molar-refractivity contribution in [3.05, 3.63) is 82.3 Å². The number of hydrogen-bond donors (Lipinski definition) is 1. The lowest BCUT2D eigenvalue weighted by molar-refractivity contribution is -0.139. The fourth-order valence-electron chi connectivity index (χ4n) is 4.06. The molecule has 0 saturated carbocycles. The number of anilines is 1. The lowest BCUT2D eigenvalue weighted by atomic mass is 10.1. The van der Waals surface area contributed by atoms with Crippen molar-refractivity contribution >= 4 is 50.7 Å². The molecule has 3 rings (SSSR count). The van der Waals surface area contributed by atoms with Gasteiger partial charge in [-0.15, -0.1) is 0 Å². The van der Waals surface area contributed by atoms with Crippen LogP contribution < -0.4 is 19.1 Å². The van der Waals surface area contributed by atoms with Gasteiger partial charge in [0.1, 0.15) is 12.6 Å². The maximum atomic E-state index is 14.1. The Morgan fingerprint density at radius 3 is 1.98 bits per heavy atom. The molecular weight excluding hydrogens is 601 g/mol. The molecule has 0 aliphatic rings. The Bertz CT molecular complexity index is 1480. The molecule has 0 bridgehead atoms. The molecule has 226 valence electrons. The van der Waals surface area contributed by atoms with E-state index < -0.39 is 28.5 Å². The Labute approximate surface area is 257 Å². The number of carbonyl (C=O) groups excluding carboxylic acids is 2. The van der Waals surface area contributed by atoms with Crippen LogP contribution in [0.5, 0.6) is 11.5 Å². The maximum absolute atomic E-state index is 14.1. The van der Waals surface area contributed by atoms with Gasteiger partial charge in [-0.25, -0.2) is 8.42 Å². The van der Waals surface area contributed by atoms with Crippen molar-refractivity contribution < 1.29 is 27.5 Å². The number of rotatable bonds is 13.